The van der Waals surface area contributed by atoms with Crippen LogP contribution in [0.5, 0.6) is 17.2 Å². The van der Waals surface area contributed by atoms with Crippen LogP contribution in [-0.2, 0) is 13.2 Å². The summed E-state index contributed by atoms with van der Waals surface area (Å²) in [6.07, 6.45) is 3.32. The first-order valence-electron chi connectivity index (χ1n) is 11.1. The van der Waals surface area contributed by atoms with Crippen LogP contribution in [0.15, 0.2) is 109 Å². The summed E-state index contributed by atoms with van der Waals surface area (Å²) in [5, 5.41) is 0. The Kier molecular flexibility index (Phi) is 7.75. The zero-order valence-corrected chi connectivity index (χ0v) is 19.0. The van der Waals surface area contributed by atoms with Crippen molar-refractivity contribution in [3.05, 3.63) is 131 Å². The number of ether oxygens (including phenoxy) is 3. The lowest BCUT2D eigenvalue weighted by molar-refractivity contribution is 0.104. The Morgan fingerprint density at radius 3 is 1.85 bits per heavy atom. The fourth-order valence-electron chi connectivity index (χ4n) is 3.38. The Bertz CT molecular complexity index is 1230. The van der Waals surface area contributed by atoms with E-state index in [-0.39, 0.29) is 5.78 Å². The SMILES string of the molecule is COc1cc(OCc2ccccc2)ccc1C(=O)C=Cc1ccc(OCc2ccccc2)cc1. The number of hydrogen-bond acceptors (Lipinski definition) is 4. The minimum atomic E-state index is -0.143. The molecule has 0 aromatic heterocycles. The standard InChI is InChI=1S/C30H26O4/c1-32-30-20-27(34-22-25-10-6-3-7-11-25)17-18-28(30)29(31)19-14-23-12-15-26(16-13-23)33-21-24-8-4-2-5-9-24/h2-20H,21-22H2,1H3. The van der Waals surface area contributed by atoms with Crippen molar-refractivity contribution in [2.75, 3.05) is 7.11 Å². The Hall–Kier alpha value is -4.31. The molecule has 0 bridgehead atoms. The summed E-state index contributed by atoms with van der Waals surface area (Å²) in [5.74, 6) is 1.76. The topological polar surface area (TPSA) is 44.8 Å². The van der Waals surface area contributed by atoms with E-state index in [1.54, 1.807) is 37.5 Å². The lowest BCUT2D eigenvalue weighted by Crippen LogP contribution is -2.01. The van der Waals surface area contributed by atoms with Crippen molar-refractivity contribution < 1.29 is 19.0 Å². The molecule has 4 aromatic rings. The van der Waals surface area contributed by atoms with Gasteiger partial charge in [0, 0.05) is 6.07 Å². The summed E-state index contributed by atoms with van der Waals surface area (Å²) in [4.78, 5) is 12.8. The van der Waals surface area contributed by atoms with Gasteiger partial charge in [-0.2, -0.15) is 0 Å². The maximum atomic E-state index is 12.8. The zero-order chi connectivity index (χ0) is 23.6. The number of hydrogen-bond donors (Lipinski definition) is 0. The van der Waals surface area contributed by atoms with E-state index in [2.05, 4.69) is 0 Å². The fraction of sp³-hybridized carbons (Fsp3) is 0.100. The molecule has 0 atom stereocenters. The first kappa shape index (κ1) is 22.9. The number of benzene rings is 4. The predicted molar refractivity (Wildman–Crippen MR) is 134 cm³/mol. The van der Waals surface area contributed by atoms with Crippen LogP contribution in [-0.4, -0.2) is 12.9 Å². The van der Waals surface area contributed by atoms with Gasteiger partial charge in [0.2, 0.25) is 0 Å². The normalized spacial score (nSPS) is 10.7. The number of rotatable bonds is 10. The van der Waals surface area contributed by atoms with Gasteiger partial charge in [-0.25, -0.2) is 0 Å². The Morgan fingerprint density at radius 2 is 1.26 bits per heavy atom. The van der Waals surface area contributed by atoms with Crippen molar-refractivity contribution in [1.29, 1.82) is 0 Å². The third-order valence-electron chi connectivity index (χ3n) is 5.24. The van der Waals surface area contributed by atoms with E-state index in [1.807, 2.05) is 84.9 Å². The quantitative estimate of drug-likeness (QED) is 0.198. The van der Waals surface area contributed by atoms with E-state index in [0.29, 0.717) is 30.3 Å². The van der Waals surface area contributed by atoms with E-state index in [0.717, 1.165) is 22.4 Å². The van der Waals surface area contributed by atoms with Gasteiger partial charge in [0.05, 0.1) is 12.7 Å². The second kappa shape index (κ2) is 11.5. The van der Waals surface area contributed by atoms with Crippen molar-refractivity contribution in [2.24, 2.45) is 0 Å². The van der Waals surface area contributed by atoms with Crippen molar-refractivity contribution >= 4 is 11.9 Å². The summed E-state index contributed by atoms with van der Waals surface area (Å²) < 4.78 is 17.1. The van der Waals surface area contributed by atoms with Crippen LogP contribution in [0.1, 0.15) is 27.0 Å². The van der Waals surface area contributed by atoms with Gasteiger partial charge in [0.15, 0.2) is 5.78 Å². The molecule has 0 unspecified atom stereocenters. The number of allylic oxidation sites excluding steroid dienone is 1. The molecule has 0 radical (unpaired) electrons. The van der Waals surface area contributed by atoms with Gasteiger partial charge in [0.25, 0.3) is 0 Å². The molecule has 0 heterocycles. The molecule has 0 saturated carbocycles. The number of ketones is 1. The second-order valence-electron chi connectivity index (χ2n) is 7.68. The predicted octanol–water partition coefficient (Wildman–Crippen LogP) is 6.75. The van der Waals surface area contributed by atoms with Crippen molar-refractivity contribution in [3.8, 4) is 17.2 Å². The van der Waals surface area contributed by atoms with E-state index >= 15 is 0 Å². The molecule has 34 heavy (non-hydrogen) atoms. The van der Waals surface area contributed by atoms with Crippen LogP contribution in [0.25, 0.3) is 6.08 Å². The highest BCUT2D eigenvalue weighted by atomic mass is 16.5. The molecule has 170 valence electrons. The van der Waals surface area contributed by atoms with Crippen molar-refractivity contribution in [2.45, 2.75) is 13.2 Å². The molecule has 0 saturated heterocycles. The van der Waals surface area contributed by atoms with Crippen LogP contribution in [0.4, 0.5) is 0 Å². The summed E-state index contributed by atoms with van der Waals surface area (Å²) in [6, 6.07) is 32.8. The first-order valence-corrected chi connectivity index (χ1v) is 11.1. The molecule has 0 spiro atoms. The van der Waals surface area contributed by atoms with E-state index in [4.69, 9.17) is 14.2 Å². The molecule has 0 aliphatic carbocycles. The molecule has 0 aliphatic heterocycles. The minimum absolute atomic E-state index is 0.143. The lowest BCUT2D eigenvalue weighted by atomic mass is 10.1. The van der Waals surface area contributed by atoms with Gasteiger partial charge in [-0.15, -0.1) is 0 Å². The lowest BCUT2D eigenvalue weighted by Gasteiger charge is -2.10. The minimum Gasteiger partial charge on any atom is -0.496 e. The van der Waals surface area contributed by atoms with E-state index in [1.165, 1.54) is 0 Å². The highest BCUT2D eigenvalue weighted by Crippen LogP contribution is 2.26. The summed E-state index contributed by atoms with van der Waals surface area (Å²) in [6.45, 7) is 0.960. The monoisotopic (exact) mass is 450 g/mol. The fourth-order valence-corrected chi connectivity index (χ4v) is 3.38. The van der Waals surface area contributed by atoms with Crippen molar-refractivity contribution in [3.63, 3.8) is 0 Å². The van der Waals surface area contributed by atoms with Gasteiger partial charge in [-0.05, 0) is 47.0 Å². The van der Waals surface area contributed by atoms with Crippen LogP contribution in [0.2, 0.25) is 0 Å². The molecule has 0 N–H and O–H groups in total. The number of carbonyl (C=O) groups excluding carboxylic acids is 1. The Morgan fingerprint density at radius 1 is 0.706 bits per heavy atom. The molecular weight excluding hydrogens is 424 g/mol. The third kappa shape index (κ3) is 6.36. The smallest absolute Gasteiger partial charge is 0.189 e. The van der Waals surface area contributed by atoms with Crippen LogP contribution in [0.3, 0.4) is 0 Å². The molecule has 4 nitrogen and oxygen atoms in total. The third-order valence-corrected chi connectivity index (χ3v) is 5.24. The average molecular weight is 451 g/mol. The first-order chi connectivity index (χ1) is 16.7. The van der Waals surface area contributed by atoms with Crippen LogP contribution < -0.4 is 14.2 Å². The number of methoxy groups -OCH3 is 1. The molecular formula is C30H26O4. The molecule has 0 fully saturated rings. The highest BCUT2D eigenvalue weighted by molar-refractivity contribution is 6.08. The molecule has 4 heteroatoms. The van der Waals surface area contributed by atoms with Gasteiger partial charge in [-0.3, -0.25) is 4.79 Å². The summed E-state index contributed by atoms with van der Waals surface area (Å²) >= 11 is 0. The van der Waals surface area contributed by atoms with E-state index < -0.39 is 0 Å². The van der Waals surface area contributed by atoms with Gasteiger partial charge in [-0.1, -0.05) is 78.9 Å². The van der Waals surface area contributed by atoms with Crippen molar-refractivity contribution in [1.82, 2.24) is 0 Å². The molecule has 4 rings (SSSR count). The Labute approximate surface area is 200 Å². The van der Waals surface area contributed by atoms with Gasteiger partial charge in [0.1, 0.15) is 30.5 Å². The average Bonchev–Trinajstić information content (AvgIpc) is 2.91. The zero-order valence-electron chi connectivity index (χ0n) is 19.0. The summed E-state index contributed by atoms with van der Waals surface area (Å²) in [5.41, 5.74) is 3.57. The maximum Gasteiger partial charge on any atom is 0.189 e. The van der Waals surface area contributed by atoms with Crippen LogP contribution >= 0.6 is 0 Å². The Balaban J connectivity index is 1.36. The van der Waals surface area contributed by atoms with E-state index in [9.17, 15) is 4.79 Å². The van der Waals surface area contributed by atoms with Crippen LogP contribution in [0, 0.1) is 0 Å². The number of carbonyl (C=O) groups is 1. The highest BCUT2D eigenvalue weighted by Gasteiger charge is 2.11. The maximum absolute atomic E-state index is 12.8. The molecule has 4 aromatic carbocycles. The summed E-state index contributed by atoms with van der Waals surface area (Å²) in [7, 11) is 1.55. The molecule has 0 amide bonds. The van der Waals surface area contributed by atoms with Gasteiger partial charge >= 0.3 is 0 Å². The largest absolute Gasteiger partial charge is 0.496 e. The second-order valence-corrected chi connectivity index (χ2v) is 7.68. The molecule has 0 aliphatic rings. The van der Waals surface area contributed by atoms with Gasteiger partial charge < -0.3 is 14.2 Å².